The van der Waals surface area contributed by atoms with Crippen molar-refractivity contribution in [3.05, 3.63) is 30.3 Å². The molecule has 1 aromatic carbocycles. The molecule has 1 saturated carbocycles. The second-order valence-corrected chi connectivity index (χ2v) is 7.56. The third-order valence-corrected chi connectivity index (χ3v) is 4.68. The van der Waals surface area contributed by atoms with E-state index >= 15 is 0 Å². The zero-order valence-corrected chi connectivity index (χ0v) is 19.7. The molecule has 1 aliphatic rings. The zero-order valence-electron chi connectivity index (χ0n) is 17.4. The molecule has 0 heterocycles. The summed E-state index contributed by atoms with van der Waals surface area (Å²) in [5.41, 5.74) is 0. The molecule has 7 heteroatoms. The molecule has 1 fully saturated rings. The molecule has 0 aromatic heterocycles. The highest BCUT2D eigenvalue weighted by Gasteiger charge is 2.28. The molecule has 1 aromatic rings. The van der Waals surface area contributed by atoms with Gasteiger partial charge in [0.05, 0.1) is 6.54 Å². The van der Waals surface area contributed by atoms with Gasteiger partial charge in [-0.15, -0.1) is 24.0 Å². The van der Waals surface area contributed by atoms with Crippen LogP contribution in [0, 0.1) is 5.92 Å². The molecule has 6 nitrogen and oxygen atoms in total. The first-order valence-corrected chi connectivity index (χ1v) is 9.97. The Bertz CT molecular complexity index is 610. The summed E-state index contributed by atoms with van der Waals surface area (Å²) < 4.78 is 5.89. The number of ether oxygens (including phenoxy) is 1. The van der Waals surface area contributed by atoms with E-state index in [1.807, 2.05) is 51.1 Å². The molecule has 0 spiro atoms. The predicted molar refractivity (Wildman–Crippen MR) is 125 cm³/mol. The molecule has 2 rings (SSSR count). The molecule has 1 amide bonds. The second kappa shape index (κ2) is 12.9. The van der Waals surface area contributed by atoms with Crippen LogP contribution in [-0.2, 0) is 4.79 Å². The Morgan fingerprint density at radius 3 is 2.57 bits per heavy atom. The normalized spacial score (nSPS) is 20.7. The number of carbonyl (C=O) groups excluding carboxylic acids is 1. The van der Waals surface area contributed by atoms with Crippen LogP contribution in [0.3, 0.4) is 0 Å². The summed E-state index contributed by atoms with van der Waals surface area (Å²) >= 11 is 0. The first kappa shape index (κ1) is 24.5. The molecule has 3 atom stereocenters. The number of rotatable bonds is 7. The van der Waals surface area contributed by atoms with Crippen LogP contribution in [0.15, 0.2) is 35.3 Å². The van der Waals surface area contributed by atoms with E-state index in [1.54, 1.807) is 7.05 Å². The van der Waals surface area contributed by atoms with Crippen LogP contribution >= 0.6 is 24.0 Å². The third kappa shape index (κ3) is 8.67. The standard InChI is InChI=1S/C21H34N4O2.HI/c1-15(2)24-20(26)17-9-8-10-18(13-17)25-21(22-4)23-14-16(3)27-19-11-6-5-7-12-19;/h5-7,11-12,15-18H,8-10,13-14H2,1-4H3,(H,24,26)(H2,22,23,25);1H. The van der Waals surface area contributed by atoms with E-state index in [0.717, 1.165) is 37.4 Å². The first-order valence-electron chi connectivity index (χ1n) is 9.97. The van der Waals surface area contributed by atoms with E-state index in [0.29, 0.717) is 6.54 Å². The fourth-order valence-corrected chi connectivity index (χ4v) is 3.36. The van der Waals surface area contributed by atoms with Gasteiger partial charge in [0.2, 0.25) is 5.91 Å². The SMILES string of the molecule is CN=C(NCC(C)Oc1ccccc1)NC1CCCC(C(=O)NC(C)C)C1.I. The van der Waals surface area contributed by atoms with Gasteiger partial charge in [-0.2, -0.15) is 0 Å². The van der Waals surface area contributed by atoms with E-state index in [9.17, 15) is 4.79 Å². The van der Waals surface area contributed by atoms with Crippen LogP contribution in [0.2, 0.25) is 0 Å². The van der Waals surface area contributed by atoms with Crippen molar-refractivity contribution in [2.45, 2.75) is 64.6 Å². The van der Waals surface area contributed by atoms with E-state index in [2.05, 4.69) is 20.9 Å². The molecule has 3 unspecified atom stereocenters. The van der Waals surface area contributed by atoms with Gasteiger partial charge in [-0.1, -0.05) is 24.6 Å². The zero-order chi connectivity index (χ0) is 19.6. The maximum Gasteiger partial charge on any atom is 0.223 e. The van der Waals surface area contributed by atoms with Crippen LogP contribution in [0.1, 0.15) is 46.5 Å². The predicted octanol–water partition coefficient (Wildman–Crippen LogP) is 3.32. The second-order valence-electron chi connectivity index (χ2n) is 7.56. The molecule has 0 saturated heterocycles. The Morgan fingerprint density at radius 1 is 1.21 bits per heavy atom. The maximum absolute atomic E-state index is 12.3. The highest BCUT2D eigenvalue weighted by Crippen LogP contribution is 2.24. The van der Waals surface area contributed by atoms with Crippen molar-refractivity contribution in [3.63, 3.8) is 0 Å². The maximum atomic E-state index is 12.3. The number of amides is 1. The summed E-state index contributed by atoms with van der Waals surface area (Å²) in [5, 5.41) is 9.83. The van der Waals surface area contributed by atoms with Crippen LogP contribution in [-0.4, -0.2) is 43.6 Å². The molecule has 28 heavy (non-hydrogen) atoms. The average Bonchev–Trinajstić information content (AvgIpc) is 2.65. The van der Waals surface area contributed by atoms with Gasteiger partial charge in [-0.05, 0) is 52.2 Å². The summed E-state index contributed by atoms with van der Waals surface area (Å²) in [4.78, 5) is 16.6. The quantitative estimate of drug-likeness (QED) is 0.304. The van der Waals surface area contributed by atoms with Crippen LogP contribution in [0.25, 0.3) is 0 Å². The van der Waals surface area contributed by atoms with Gasteiger partial charge in [0.25, 0.3) is 0 Å². The number of hydrogen-bond acceptors (Lipinski definition) is 3. The van der Waals surface area contributed by atoms with Gasteiger partial charge >= 0.3 is 0 Å². The van der Waals surface area contributed by atoms with Crippen LogP contribution in [0.5, 0.6) is 5.75 Å². The number of benzene rings is 1. The van der Waals surface area contributed by atoms with Gasteiger partial charge in [0.1, 0.15) is 11.9 Å². The van der Waals surface area contributed by atoms with Crippen molar-refractivity contribution in [2.24, 2.45) is 10.9 Å². The monoisotopic (exact) mass is 502 g/mol. The number of nitrogens with one attached hydrogen (secondary N) is 3. The summed E-state index contributed by atoms with van der Waals surface area (Å²) in [6.45, 7) is 6.68. The summed E-state index contributed by atoms with van der Waals surface area (Å²) in [6, 6.07) is 10.3. The largest absolute Gasteiger partial charge is 0.489 e. The lowest BCUT2D eigenvalue weighted by Crippen LogP contribution is -2.49. The fourth-order valence-electron chi connectivity index (χ4n) is 3.36. The van der Waals surface area contributed by atoms with Crippen molar-refractivity contribution in [3.8, 4) is 5.75 Å². The van der Waals surface area contributed by atoms with Gasteiger partial charge in [0.15, 0.2) is 5.96 Å². The minimum atomic E-state index is 0. The van der Waals surface area contributed by atoms with E-state index in [-0.39, 0.29) is 54.0 Å². The van der Waals surface area contributed by atoms with Crippen molar-refractivity contribution < 1.29 is 9.53 Å². The lowest BCUT2D eigenvalue weighted by atomic mass is 9.85. The Hall–Kier alpha value is -1.51. The van der Waals surface area contributed by atoms with Gasteiger partial charge < -0.3 is 20.7 Å². The number of para-hydroxylation sites is 1. The van der Waals surface area contributed by atoms with E-state index < -0.39 is 0 Å². The molecule has 1 aliphatic carbocycles. The average molecular weight is 502 g/mol. The van der Waals surface area contributed by atoms with Crippen LogP contribution < -0.4 is 20.7 Å². The Morgan fingerprint density at radius 2 is 1.93 bits per heavy atom. The Kier molecular flexibility index (Phi) is 11.3. The Labute approximate surface area is 186 Å². The molecule has 158 valence electrons. The molecule has 0 radical (unpaired) electrons. The van der Waals surface area contributed by atoms with E-state index in [1.165, 1.54) is 0 Å². The number of guanidine groups is 1. The lowest BCUT2D eigenvalue weighted by Gasteiger charge is -2.30. The molecule has 0 aliphatic heterocycles. The van der Waals surface area contributed by atoms with Crippen LogP contribution in [0.4, 0.5) is 0 Å². The minimum Gasteiger partial charge on any atom is -0.489 e. The fraction of sp³-hybridized carbons (Fsp3) is 0.619. The highest BCUT2D eigenvalue weighted by atomic mass is 127. The van der Waals surface area contributed by atoms with Crippen molar-refractivity contribution in [1.82, 2.24) is 16.0 Å². The van der Waals surface area contributed by atoms with Crippen molar-refractivity contribution in [2.75, 3.05) is 13.6 Å². The van der Waals surface area contributed by atoms with Crippen molar-refractivity contribution >= 4 is 35.8 Å². The molecular formula is C21H35IN4O2. The lowest BCUT2D eigenvalue weighted by molar-refractivity contribution is -0.126. The summed E-state index contributed by atoms with van der Waals surface area (Å²) in [6.07, 6.45) is 3.93. The molecular weight excluding hydrogens is 467 g/mol. The summed E-state index contributed by atoms with van der Waals surface area (Å²) in [7, 11) is 1.77. The molecule has 3 N–H and O–H groups in total. The van der Waals surface area contributed by atoms with Gasteiger partial charge in [0, 0.05) is 25.0 Å². The summed E-state index contributed by atoms with van der Waals surface area (Å²) in [5.74, 6) is 1.87. The van der Waals surface area contributed by atoms with Crippen molar-refractivity contribution in [1.29, 1.82) is 0 Å². The Balaban J connectivity index is 0.00000392. The smallest absolute Gasteiger partial charge is 0.223 e. The number of nitrogens with zero attached hydrogens (tertiary/aromatic N) is 1. The minimum absolute atomic E-state index is 0. The van der Waals surface area contributed by atoms with Gasteiger partial charge in [-0.25, -0.2) is 0 Å². The number of carbonyl (C=O) groups is 1. The first-order chi connectivity index (χ1) is 13.0. The third-order valence-electron chi connectivity index (χ3n) is 4.68. The topological polar surface area (TPSA) is 74.8 Å². The van der Waals surface area contributed by atoms with E-state index in [4.69, 9.17) is 4.74 Å². The number of halogens is 1. The van der Waals surface area contributed by atoms with Gasteiger partial charge in [-0.3, -0.25) is 9.79 Å². The molecule has 0 bridgehead atoms. The number of aliphatic imine (C=N–C) groups is 1. The number of hydrogen-bond donors (Lipinski definition) is 3. The highest BCUT2D eigenvalue weighted by molar-refractivity contribution is 14.0.